The lowest BCUT2D eigenvalue weighted by Crippen LogP contribution is -2.48. The first-order valence-corrected chi connectivity index (χ1v) is 11.6. The quantitative estimate of drug-likeness (QED) is 0.592. The van der Waals surface area contributed by atoms with Gasteiger partial charge < -0.3 is 15.2 Å². The summed E-state index contributed by atoms with van der Waals surface area (Å²) in [5.41, 5.74) is 5.16. The first-order valence-electron chi connectivity index (χ1n) is 11.3. The zero-order valence-electron chi connectivity index (χ0n) is 19.7. The second-order valence-electron chi connectivity index (χ2n) is 9.72. The van der Waals surface area contributed by atoms with E-state index in [1.54, 1.807) is 24.5 Å². The van der Waals surface area contributed by atoms with Crippen LogP contribution in [0, 0.1) is 0 Å². The average molecular weight is 462 g/mol. The number of nitrogens with zero attached hydrogens (tertiary/aromatic N) is 4. The van der Waals surface area contributed by atoms with E-state index in [-0.39, 0.29) is 11.2 Å². The molecule has 0 atom stereocenters. The average Bonchev–Trinajstić information content (AvgIpc) is 2.66. The molecular weight excluding hydrogens is 426 g/mol. The van der Waals surface area contributed by atoms with E-state index in [0.717, 1.165) is 24.6 Å². The van der Waals surface area contributed by atoms with Crippen molar-refractivity contribution in [2.24, 2.45) is 0 Å². The molecular formula is C24H36ClN5O2. The van der Waals surface area contributed by atoms with Crippen LogP contribution in [0.5, 0.6) is 11.5 Å². The van der Waals surface area contributed by atoms with E-state index in [2.05, 4.69) is 47.5 Å². The van der Waals surface area contributed by atoms with Crippen molar-refractivity contribution >= 4 is 17.4 Å². The van der Waals surface area contributed by atoms with Crippen molar-refractivity contribution in [1.29, 1.82) is 0 Å². The van der Waals surface area contributed by atoms with E-state index in [1.165, 1.54) is 39.0 Å². The van der Waals surface area contributed by atoms with Gasteiger partial charge in [-0.3, -0.25) is 9.80 Å². The summed E-state index contributed by atoms with van der Waals surface area (Å²) in [6.07, 6.45) is 5.95. The molecule has 0 aliphatic carbocycles. The number of ether oxygens (including phenoxy) is 2. The normalized spacial score (nSPS) is 16.9. The van der Waals surface area contributed by atoms with Crippen molar-refractivity contribution in [2.75, 3.05) is 45.0 Å². The Morgan fingerprint density at radius 3 is 1.62 bits per heavy atom. The minimum atomic E-state index is -0.185. The van der Waals surface area contributed by atoms with Crippen LogP contribution in [0.2, 0.25) is 5.15 Å². The number of hydrogen-bond donors (Lipinski definition) is 1. The number of nitrogen functional groups attached to an aromatic ring is 1. The lowest BCUT2D eigenvalue weighted by atomic mass is 10.1. The van der Waals surface area contributed by atoms with Crippen molar-refractivity contribution in [2.45, 2.75) is 51.7 Å². The van der Waals surface area contributed by atoms with Crippen molar-refractivity contribution < 1.29 is 9.47 Å². The van der Waals surface area contributed by atoms with E-state index in [9.17, 15) is 0 Å². The Hall–Kier alpha value is -2.09. The van der Waals surface area contributed by atoms with Crippen LogP contribution >= 0.6 is 11.6 Å². The molecule has 0 amide bonds. The fraction of sp³-hybridized carbons (Fsp3) is 0.583. The molecule has 4 rings (SSSR count). The van der Waals surface area contributed by atoms with E-state index >= 15 is 0 Å². The predicted molar refractivity (Wildman–Crippen MR) is 129 cm³/mol. The van der Waals surface area contributed by atoms with Gasteiger partial charge in [-0.1, -0.05) is 11.6 Å². The Labute approximate surface area is 196 Å². The van der Waals surface area contributed by atoms with E-state index in [0.29, 0.717) is 11.0 Å². The van der Waals surface area contributed by atoms with Crippen LogP contribution < -0.4 is 15.2 Å². The highest BCUT2D eigenvalue weighted by Gasteiger charge is 2.27. The van der Waals surface area contributed by atoms with Crippen LogP contribution in [0.25, 0.3) is 0 Å². The molecule has 2 aromatic rings. The Morgan fingerprint density at radius 1 is 0.812 bits per heavy atom. The molecule has 2 N–H and O–H groups in total. The summed E-state index contributed by atoms with van der Waals surface area (Å²) in [6, 6.07) is 7.22. The maximum atomic E-state index is 5.90. The number of anilines is 1. The van der Waals surface area contributed by atoms with Gasteiger partial charge in [0.25, 0.3) is 0 Å². The highest BCUT2D eigenvalue weighted by Crippen LogP contribution is 2.22. The molecule has 32 heavy (non-hydrogen) atoms. The predicted octanol–water partition coefficient (Wildman–Crippen LogP) is 4.13. The molecule has 0 radical (unpaired) electrons. The standard InChI is InChI=1S/C12H17ClN2O.C12H19N3O/c2*1-12(2,9-15-6-3-7-15)16-10-4-5-11(13)14-8-10/h4-5,8H,3,6-7,9H2,1-2H3;4-5,8H,3,6-7,9H2,1-2H3,(H2,13,14). The molecule has 4 heterocycles. The number of rotatable bonds is 8. The summed E-state index contributed by atoms with van der Waals surface area (Å²) >= 11 is 5.72. The molecule has 8 heteroatoms. The fourth-order valence-corrected chi connectivity index (χ4v) is 3.85. The van der Waals surface area contributed by atoms with Crippen LogP contribution in [0.4, 0.5) is 5.82 Å². The Balaban J connectivity index is 0.000000181. The van der Waals surface area contributed by atoms with Crippen LogP contribution in [-0.4, -0.2) is 70.2 Å². The van der Waals surface area contributed by atoms with Crippen LogP contribution in [0.15, 0.2) is 36.7 Å². The number of pyridine rings is 2. The summed E-state index contributed by atoms with van der Waals surface area (Å²) in [5, 5.41) is 0.493. The minimum Gasteiger partial charge on any atom is -0.485 e. The van der Waals surface area contributed by atoms with Gasteiger partial charge in [-0.05, 0) is 91.0 Å². The topological polar surface area (TPSA) is 76.7 Å². The zero-order valence-corrected chi connectivity index (χ0v) is 20.4. The third kappa shape index (κ3) is 8.11. The number of nitrogens with two attached hydrogens (primary N) is 1. The van der Waals surface area contributed by atoms with Gasteiger partial charge in [-0.25, -0.2) is 9.97 Å². The van der Waals surface area contributed by atoms with Crippen LogP contribution in [-0.2, 0) is 0 Å². The Bertz CT molecular complexity index is 763. The van der Waals surface area contributed by atoms with Crippen molar-refractivity contribution in [1.82, 2.24) is 19.8 Å². The molecule has 176 valence electrons. The third-order valence-electron chi connectivity index (χ3n) is 5.35. The molecule has 2 fully saturated rings. The lowest BCUT2D eigenvalue weighted by Gasteiger charge is -2.38. The number of likely N-dealkylation sites (tertiary alicyclic amines) is 2. The maximum absolute atomic E-state index is 5.90. The molecule has 2 saturated heterocycles. The van der Waals surface area contributed by atoms with Gasteiger partial charge in [0.2, 0.25) is 0 Å². The van der Waals surface area contributed by atoms with Crippen molar-refractivity contribution in [3.05, 3.63) is 41.8 Å². The molecule has 2 aliphatic rings. The second-order valence-corrected chi connectivity index (χ2v) is 10.1. The number of aromatic nitrogens is 2. The number of halogens is 1. The van der Waals surface area contributed by atoms with Gasteiger partial charge in [-0.15, -0.1) is 0 Å². The summed E-state index contributed by atoms with van der Waals surface area (Å²) < 4.78 is 11.8. The largest absolute Gasteiger partial charge is 0.485 e. The van der Waals surface area contributed by atoms with E-state index < -0.39 is 0 Å². The minimum absolute atomic E-state index is 0.182. The van der Waals surface area contributed by atoms with Crippen LogP contribution in [0.3, 0.4) is 0 Å². The van der Waals surface area contributed by atoms with Gasteiger partial charge in [0.05, 0.1) is 12.4 Å². The smallest absolute Gasteiger partial charge is 0.138 e. The highest BCUT2D eigenvalue weighted by molar-refractivity contribution is 6.29. The molecule has 0 aromatic carbocycles. The van der Waals surface area contributed by atoms with Gasteiger partial charge >= 0.3 is 0 Å². The second kappa shape index (κ2) is 10.7. The molecule has 0 saturated carbocycles. The van der Waals surface area contributed by atoms with Crippen molar-refractivity contribution in [3.63, 3.8) is 0 Å². The zero-order chi connectivity index (χ0) is 23.2. The summed E-state index contributed by atoms with van der Waals surface area (Å²) in [5.74, 6) is 2.07. The van der Waals surface area contributed by atoms with E-state index in [1.807, 2.05) is 12.1 Å². The molecule has 2 aromatic heterocycles. The number of hydrogen-bond acceptors (Lipinski definition) is 7. The fourth-order valence-electron chi connectivity index (χ4n) is 3.73. The highest BCUT2D eigenvalue weighted by atomic mass is 35.5. The molecule has 2 aliphatic heterocycles. The first-order chi connectivity index (χ1) is 15.1. The SMILES string of the molecule is CC(C)(CN1CCC1)Oc1ccc(Cl)nc1.CC(C)(CN1CCC1)Oc1ccc(N)nc1. The summed E-state index contributed by atoms with van der Waals surface area (Å²) in [6.45, 7) is 15.0. The molecule has 0 spiro atoms. The molecule has 0 bridgehead atoms. The van der Waals surface area contributed by atoms with Gasteiger partial charge in [0.15, 0.2) is 0 Å². The monoisotopic (exact) mass is 461 g/mol. The van der Waals surface area contributed by atoms with Gasteiger partial charge in [0, 0.05) is 13.1 Å². The first kappa shape index (κ1) is 24.6. The molecule has 0 unspecified atom stereocenters. The summed E-state index contributed by atoms with van der Waals surface area (Å²) in [4.78, 5) is 12.8. The lowest BCUT2D eigenvalue weighted by molar-refractivity contribution is 0.0347. The van der Waals surface area contributed by atoms with Gasteiger partial charge in [0.1, 0.15) is 33.7 Å². The third-order valence-corrected chi connectivity index (χ3v) is 5.58. The van der Waals surface area contributed by atoms with Crippen molar-refractivity contribution in [3.8, 4) is 11.5 Å². The Kier molecular flexibility index (Phi) is 8.20. The Morgan fingerprint density at radius 2 is 1.28 bits per heavy atom. The summed E-state index contributed by atoms with van der Waals surface area (Å²) in [7, 11) is 0. The molecule has 7 nitrogen and oxygen atoms in total. The van der Waals surface area contributed by atoms with E-state index in [4.69, 9.17) is 26.8 Å². The van der Waals surface area contributed by atoms with Crippen LogP contribution in [0.1, 0.15) is 40.5 Å². The van der Waals surface area contributed by atoms with Gasteiger partial charge in [-0.2, -0.15) is 0 Å². The maximum Gasteiger partial charge on any atom is 0.138 e.